The maximum Gasteiger partial charge on any atom is 0.314 e. The molecule has 0 atom stereocenters. The molecule has 2 rings (SSSR count). The SMILES string of the molecule is CCCCCCCCCCCCC1CCC(C(=O)Oc2ccc(N=C=S)c(F)c2)CC1. The lowest BCUT2D eigenvalue weighted by molar-refractivity contribution is -0.140. The molecule has 1 aromatic carbocycles. The number of carbonyl (C=O) groups is 1. The van der Waals surface area contributed by atoms with Crippen LogP contribution in [0.2, 0.25) is 0 Å². The fraction of sp³-hybridized carbons (Fsp3) is 0.692. The van der Waals surface area contributed by atoms with Crippen LogP contribution < -0.4 is 4.74 Å². The third-order valence-corrected chi connectivity index (χ3v) is 6.54. The summed E-state index contributed by atoms with van der Waals surface area (Å²) < 4.78 is 19.3. The van der Waals surface area contributed by atoms with Crippen molar-refractivity contribution in [1.29, 1.82) is 0 Å². The van der Waals surface area contributed by atoms with Gasteiger partial charge in [0.25, 0.3) is 0 Å². The topological polar surface area (TPSA) is 38.7 Å². The first-order chi connectivity index (χ1) is 15.1. The van der Waals surface area contributed by atoms with Crippen molar-refractivity contribution >= 4 is 29.0 Å². The third-order valence-electron chi connectivity index (χ3n) is 6.45. The van der Waals surface area contributed by atoms with Gasteiger partial charge in [-0.3, -0.25) is 4.79 Å². The quantitative estimate of drug-likeness (QED) is 0.0942. The van der Waals surface area contributed by atoms with E-state index in [1.807, 2.05) is 0 Å². The van der Waals surface area contributed by atoms with E-state index in [0.29, 0.717) is 0 Å². The smallest absolute Gasteiger partial charge is 0.314 e. The van der Waals surface area contributed by atoms with E-state index in [0.717, 1.165) is 31.6 Å². The molecule has 0 amide bonds. The number of rotatable bonds is 14. The van der Waals surface area contributed by atoms with Gasteiger partial charge in [0.1, 0.15) is 11.4 Å². The van der Waals surface area contributed by atoms with Gasteiger partial charge >= 0.3 is 5.97 Å². The van der Waals surface area contributed by atoms with Crippen molar-refractivity contribution in [1.82, 2.24) is 0 Å². The van der Waals surface area contributed by atoms with Crippen LogP contribution in [0.25, 0.3) is 0 Å². The predicted molar refractivity (Wildman–Crippen MR) is 129 cm³/mol. The first kappa shape index (κ1) is 25.7. The van der Waals surface area contributed by atoms with Crippen molar-refractivity contribution in [2.45, 2.75) is 103 Å². The Morgan fingerprint density at radius 3 is 2.23 bits per heavy atom. The van der Waals surface area contributed by atoms with Crippen LogP contribution in [0, 0.1) is 17.7 Å². The number of halogens is 1. The molecule has 31 heavy (non-hydrogen) atoms. The Hall–Kier alpha value is -1.58. The summed E-state index contributed by atoms with van der Waals surface area (Å²) in [5.74, 6) is 0.0667. The molecular weight excluding hydrogens is 409 g/mol. The molecule has 0 heterocycles. The number of ether oxygens (including phenoxy) is 1. The summed E-state index contributed by atoms with van der Waals surface area (Å²) >= 11 is 4.49. The summed E-state index contributed by atoms with van der Waals surface area (Å²) in [4.78, 5) is 16.1. The molecule has 1 aliphatic carbocycles. The highest BCUT2D eigenvalue weighted by atomic mass is 32.1. The monoisotopic (exact) mass is 447 g/mol. The van der Waals surface area contributed by atoms with Crippen molar-refractivity contribution in [2.24, 2.45) is 16.8 Å². The Labute approximate surface area is 192 Å². The summed E-state index contributed by atoms with van der Waals surface area (Å²) in [7, 11) is 0. The highest BCUT2D eigenvalue weighted by Gasteiger charge is 2.27. The maximum atomic E-state index is 13.9. The number of thiocarbonyl (C=S) groups is 1. The van der Waals surface area contributed by atoms with Crippen molar-refractivity contribution in [3.8, 4) is 5.75 Å². The number of unbranched alkanes of at least 4 members (excludes halogenated alkanes) is 9. The van der Waals surface area contributed by atoms with Crippen LogP contribution in [0.3, 0.4) is 0 Å². The molecule has 1 fully saturated rings. The van der Waals surface area contributed by atoms with Crippen molar-refractivity contribution in [3.63, 3.8) is 0 Å². The minimum absolute atomic E-state index is 0.0781. The van der Waals surface area contributed by atoms with E-state index < -0.39 is 5.82 Å². The lowest BCUT2D eigenvalue weighted by Crippen LogP contribution is -2.25. The van der Waals surface area contributed by atoms with E-state index in [-0.39, 0.29) is 23.3 Å². The van der Waals surface area contributed by atoms with Crippen molar-refractivity contribution < 1.29 is 13.9 Å². The Balaban J connectivity index is 1.56. The molecule has 1 aliphatic rings. The minimum Gasteiger partial charge on any atom is -0.426 e. The second-order valence-electron chi connectivity index (χ2n) is 8.93. The first-order valence-corrected chi connectivity index (χ1v) is 12.6. The zero-order valence-corrected chi connectivity index (χ0v) is 19.9. The summed E-state index contributed by atoms with van der Waals surface area (Å²) in [6.07, 6.45) is 18.9. The molecule has 172 valence electrons. The third kappa shape index (κ3) is 10.1. The van der Waals surface area contributed by atoms with Gasteiger partial charge in [-0.25, -0.2) is 4.39 Å². The van der Waals surface area contributed by atoms with Gasteiger partial charge in [-0.2, -0.15) is 4.99 Å². The van der Waals surface area contributed by atoms with E-state index in [9.17, 15) is 9.18 Å². The second kappa shape index (κ2) is 15.3. The number of carbonyl (C=O) groups excluding carboxylic acids is 1. The number of aliphatic imine (C=N–C) groups is 1. The van der Waals surface area contributed by atoms with E-state index in [2.05, 4.69) is 29.3 Å². The van der Waals surface area contributed by atoms with Crippen LogP contribution in [0.4, 0.5) is 10.1 Å². The van der Waals surface area contributed by atoms with Gasteiger partial charge in [-0.15, -0.1) is 0 Å². The molecule has 0 spiro atoms. The van der Waals surface area contributed by atoms with Crippen LogP contribution in [0.15, 0.2) is 23.2 Å². The van der Waals surface area contributed by atoms with Gasteiger partial charge in [0, 0.05) is 6.07 Å². The average Bonchev–Trinajstić information content (AvgIpc) is 2.77. The summed E-state index contributed by atoms with van der Waals surface area (Å²) in [6.45, 7) is 2.26. The van der Waals surface area contributed by atoms with Crippen LogP contribution >= 0.6 is 12.2 Å². The molecule has 0 N–H and O–H groups in total. The highest BCUT2D eigenvalue weighted by Crippen LogP contribution is 2.33. The molecule has 0 aliphatic heterocycles. The van der Waals surface area contributed by atoms with Gasteiger partial charge in [-0.1, -0.05) is 77.6 Å². The normalized spacial score (nSPS) is 18.4. The summed E-state index contributed by atoms with van der Waals surface area (Å²) in [6, 6.07) is 4.17. The summed E-state index contributed by atoms with van der Waals surface area (Å²) in [5.41, 5.74) is 0.0993. The second-order valence-corrected chi connectivity index (χ2v) is 9.11. The molecule has 0 bridgehead atoms. The van der Waals surface area contributed by atoms with Crippen LogP contribution in [-0.4, -0.2) is 11.1 Å². The molecule has 0 saturated heterocycles. The number of nitrogens with zero attached hydrogens (tertiary/aromatic N) is 1. The molecule has 1 saturated carbocycles. The molecule has 5 heteroatoms. The van der Waals surface area contributed by atoms with Crippen LogP contribution in [0.5, 0.6) is 5.75 Å². The summed E-state index contributed by atoms with van der Waals surface area (Å²) in [5, 5.41) is 2.14. The van der Waals surface area contributed by atoms with Gasteiger partial charge in [-0.05, 0) is 56.0 Å². The minimum atomic E-state index is -0.567. The average molecular weight is 448 g/mol. The van der Waals surface area contributed by atoms with Gasteiger partial charge in [0.05, 0.1) is 11.1 Å². The van der Waals surface area contributed by atoms with Gasteiger partial charge in [0.15, 0.2) is 5.82 Å². The van der Waals surface area contributed by atoms with Crippen molar-refractivity contribution in [2.75, 3.05) is 0 Å². The van der Waals surface area contributed by atoms with Crippen LogP contribution in [-0.2, 0) is 4.79 Å². The van der Waals surface area contributed by atoms with Crippen molar-refractivity contribution in [3.05, 3.63) is 24.0 Å². The predicted octanol–water partition coefficient (Wildman–Crippen LogP) is 8.58. The van der Waals surface area contributed by atoms with E-state index >= 15 is 0 Å². The van der Waals surface area contributed by atoms with Gasteiger partial charge in [0.2, 0.25) is 0 Å². The Kier molecular flexibility index (Phi) is 12.6. The molecule has 3 nitrogen and oxygen atoms in total. The van der Waals surface area contributed by atoms with Gasteiger partial charge < -0.3 is 4.74 Å². The molecule has 0 aromatic heterocycles. The molecule has 1 aromatic rings. The van der Waals surface area contributed by atoms with Crippen LogP contribution in [0.1, 0.15) is 103 Å². The maximum absolute atomic E-state index is 13.9. The van der Waals surface area contributed by atoms with E-state index in [1.54, 1.807) is 6.07 Å². The number of benzene rings is 1. The van der Waals surface area contributed by atoms with E-state index in [1.165, 1.54) is 82.8 Å². The van der Waals surface area contributed by atoms with E-state index in [4.69, 9.17) is 4.74 Å². The fourth-order valence-corrected chi connectivity index (χ4v) is 4.60. The standard InChI is InChI=1S/C26H38FNO2S/c1-2-3-4-5-6-7-8-9-10-11-12-21-13-15-22(16-14-21)26(29)30-23-17-18-25(28-20-31)24(27)19-23/h17-19,21-22H,2-16H2,1H3. The molecule has 0 radical (unpaired) electrons. The Morgan fingerprint density at radius 2 is 1.65 bits per heavy atom. The lowest BCUT2D eigenvalue weighted by Gasteiger charge is -2.27. The zero-order valence-electron chi connectivity index (χ0n) is 19.0. The lowest BCUT2D eigenvalue weighted by atomic mass is 9.80. The number of esters is 1. The molecular formula is C26H38FNO2S. The molecule has 0 unspecified atom stereocenters. The first-order valence-electron chi connectivity index (χ1n) is 12.2. The number of hydrogen-bond donors (Lipinski definition) is 0. The number of hydrogen-bond acceptors (Lipinski definition) is 4. The Bertz CT molecular complexity index is 709. The largest absolute Gasteiger partial charge is 0.426 e. The zero-order chi connectivity index (χ0) is 22.3. The fourth-order valence-electron chi connectivity index (χ4n) is 4.50. The number of isothiocyanates is 1. The Morgan fingerprint density at radius 1 is 1.03 bits per heavy atom. The highest BCUT2D eigenvalue weighted by molar-refractivity contribution is 7.78.